The molecule has 2 aromatic rings. The smallest absolute Gasteiger partial charge is 0.312 e. The summed E-state index contributed by atoms with van der Waals surface area (Å²) in [5.74, 6) is -2.27. The van der Waals surface area contributed by atoms with Crippen molar-refractivity contribution in [2.24, 2.45) is 0 Å². The highest BCUT2D eigenvalue weighted by atomic mass is 19.1. The molecule has 0 spiro atoms. The van der Waals surface area contributed by atoms with Crippen LogP contribution in [0.25, 0.3) is 0 Å². The topological polar surface area (TPSA) is 94.6 Å². The van der Waals surface area contributed by atoms with Crippen molar-refractivity contribution in [2.75, 3.05) is 63.9 Å². The molecule has 0 aliphatic carbocycles. The zero-order chi connectivity index (χ0) is 26.6. The van der Waals surface area contributed by atoms with Crippen molar-refractivity contribution in [3.8, 4) is 11.5 Å². The normalized spacial score (nSPS) is 19.2. The monoisotopic (exact) mass is 530 g/mol. The molecule has 11 heteroatoms. The Morgan fingerprint density at radius 2 is 1.63 bits per heavy atom. The highest BCUT2D eigenvalue weighted by Gasteiger charge is 2.33. The van der Waals surface area contributed by atoms with E-state index in [4.69, 9.17) is 9.47 Å². The summed E-state index contributed by atoms with van der Waals surface area (Å²) in [7, 11) is 0. The van der Waals surface area contributed by atoms with E-state index < -0.39 is 29.8 Å². The molecule has 38 heavy (non-hydrogen) atoms. The van der Waals surface area contributed by atoms with Gasteiger partial charge in [-0.05, 0) is 67.9 Å². The van der Waals surface area contributed by atoms with Crippen molar-refractivity contribution in [1.29, 1.82) is 0 Å². The first-order valence-corrected chi connectivity index (χ1v) is 13.0. The van der Waals surface area contributed by atoms with Crippen molar-refractivity contribution in [2.45, 2.75) is 25.0 Å². The second-order valence-corrected chi connectivity index (χ2v) is 9.82. The number of fused-ring (bicyclic) bond motifs is 1. The van der Waals surface area contributed by atoms with E-state index in [0.29, 0.717) is 32.7 Å². The van der Waals surface area contributed by atoms with E-state index in [1.54, 1.807) is 12.1 Å². The molecular weight excluding hydrogens is 498 g/mol. The van der Waals surface area contributed by atoms with Gasteiger partial charge in [-0.3, -0.25) is 9.59 Å². The molecule has 0 radical (unpaired) electrons. The zero-order valence-electron chi connectivity index (χ0n) is 21.1. The number of nitrogens with zero attached hydrogens (tertiary/aromatic N) is 3. The summed E-state index contributed by atoms with van der Waals surface area (Å²) in [4.78, 5) is 31.7. The Kier molecular flexibility index (Phi) is 7.94. The molecule has 9 nitrogen and oxygen atoms in total. The Morgan fingerprint density at radius 3 is 2.34 bits per heavy atom. The second kappa shape index (κ2) is 11.5. The van der Waals surface area contributed by atoms with Crippen molar-refractivity contribution >= 4 is 17.5 Å². The van der Waals surface area contributed by atoms with Crippen LogP contribution in [0, 0.1) is 11.6 Å². The number of likely N-dealkylation sites (tertiary alicyclic amines) is 1. The van der Waals surface area contributed by atoms with Gasteiger partial charge in [0.15, 0.2) is 17.3 Å². The Hall–Kier alpha value is -3.44. The van der Waals surface area contributed by atoms with Crippen LogP contribution in [0.2, 0.25) is 0 Å². The fraction of sp³-hybridized carbons (Fsp3) is 0.481. The number of hydrogen-bond acceptors (Lipinski definition) is 7. The molecule has 3 heterocycles. The van der Waals surface area contributed by atoms with Crippen LogP contribution < -0.4 is 19.7 Å². The van der Waals surface area contributed by atoms with E-state index in [1.165, 1.54) is 29.2 Å². The SMILES string of the molecule is O=C(NC(CN1CCCC1)C(O)c1cc(F)c2c(c1)OCCO2)C(=O)N1CCN(c2ccc(F)cc2)CC1. The van der Waals surface area contributed by atoms with Gasteiger partial charge in [0, 0.05) is 38.4 Å². The number of hydrogen-bond donors (Lipinski definition) is 2. The summed E-state index contributed by atoms with van der Waals surface area (Å²) in [6.07, 6.45) is 0.743. The van der Waals surface area contributed by atoms with Crippen molar-refractivity contribution in [3.63, 3.8) is 0 Å². The number of carbonyl (C=O) groups excluding carboxylic acids is 2. The van der Waals surface area contributed by atoms with Crippen molar-refractivity contribution < 1.29 is 33.0 Å². The predicted molar refractivity (Wildman–Crippen MR) is 135 cm³/mol. The van der Waals surface area contributed by atoms with Crippen LogP contribution in [-0.4, -0.2) is 91.8 Å². The molecule has 5 rings (SSSR count). The van der Waals surface area contributed by atoms with Gasteiger partial charge in [-0.25, -0.2) is 8.78 Å². The van der Waals surface area contributed by atoms with Crippen LogP contribution >= 0.6 is 0 Å². The number of ether oxygens (including phenoxy) is 2. The molecule has 3 aliphatic heterocycles. The third kappa shape index (κ3) is 5.83. The van der Waals surface area contributed by atoms with Gasteiger partial charge in [-0.1, -0.05) is 0 Å². The van der Waals surface area contributed by atoms with Gasteiger partial charge in [0.25, 0.3) is 0 Å². The first kappa shape index (κ1) is 26.2. The number of aliphatic hydroxyl groups excluding tert-OH is 1. The van der Waals surface area contributed by atoms with Crippen LogP contribution in [0.15, 0.2) is 36.4 Å². The van der Waals surface area contributed by atoms with Crippen LogP contribution in [0.5, 0.6) is 11.5 Å². The average molecular weight is 531 g/mol. The molecule has 0 saturated carbocycles. The lowest BCUT2D eigenvalue weighted by Gasteiger charge is -2.36. The molecule has 2 amide bonds. The van der Waals surface area contributed by atoms with Gasteiger partial charge in [0.05, 0.1) is 6.04 Å². The third-order valence-electron chi connectivity index (χ3n) is 7.26. The second-order valence-electron chi connectivity index (χ2n) is 9.82. The Morgan fingerprint density at radius 1 is 0.947 bits per heavy atom. The van der Waals surface area contributed by atoms with Gasteiger partial charge >= 0.3 is 11.8 Å². The van der Waals surface area contributed by atoms with E-state index in [2.05, 4.69) is 10.2 Å². The summed E-state index contributed by atoms with van der Waals surface area (Å²) in [5.41, 5.74) is 1.08. The van der Waals surface area contributed by atoms with Crippen molar-refractivity contribution in [3.05, 3.63) is 53.6 Å². The predicted octanol–water partition coefficient (Wildman–Crippen LogP) is 1.70. The van der Waals surface area contributed by atoms with Gasteiger partial charge in [0.1, 0.15) is 25.1 Å². The van der Waals surface area contributed by atoms with Crippen LogP contribution in [0.4, 0.5) is 14.5 Å². The zero-order valence-corrected chi connectivity index (χ0v) is 21.1. The first-order chi connectivity index (χ1) is 18.4. The number of nitrogens with one attached hydrogen (secondary N) is 1. The van der Waals surface area contributed by atoms with E-state index in [1.807, 2.05) is 4.90 Å². The van der Waals surface area contributed by atoms with Gasteiger partial charge < -0.3 is 34.6 Å². The minimum Gasteiger partial charge on any atom is -0.486 e. The fourth-order valence-electron chi connectivity index (χ4n) is 5.20. The summed E-state index contributed by atoms with van der Waals surface area (Å²) < 4.78 is 38.7. The summed E-state index contributed by atoms with van der Waals surface area (Å²) in [5, 5.41) is 13.9. The highest BCUT2D eigenvalue weighted by molar-refractivity contribution is 6.35. The van der Waals surface area contributed by atoms with Crippen LogP contribution in [0.3, 0.4) is 0 Å². The van der Waals surface area contributed by atoms with E-state index in [-0.39, 0.29) is 36.1 Å². The number of piperazine rings is 1. The fourth-order valence-corrected chi connectivity index (χ4v) is 5.20. The Bertz CT molecular complexity index is 1150. The van der Waals surface area contributed by atoms with E-state index >= 15 is 0 Å². The molecule has 204 valence electrons. The standard InChI is InChI=1S/C27H32F2N4O5/c28-19-3-5-20(6-4-19)32-9-11-33(12-10-32)27(36)26(35)30-22(17-31-7-1-2-8-31)24(34)18-15-21(29)25-23(16-18)37-13-14-38-25/h3-6,15-16,22,24,34H,1-2,7-14,17H2,(H,30,35). The number of benzene rings is 2. The maximum atomic E-state index is 14.7. The lowest BCUT2D eigenvalue weighted by molar-refractivity contribution is -0.147. The molecule has 2 unspecified atom stereocenters. The van der Waals surface area contributed by atoms with E-state index in [0.717, 1.165) is 31.6 Å². The van der Waals surface area contributed by atoms with Crippen LogP contribution in [0.1, 0.15) is 24.5 Å². The largest absolute Gasteiger partial charge is 0.486 e. The molecule has 2 atom stereocenters. The molecule has 0 bridgehead atoms. The van der Waals surface area contributed by atoms with Gasteiger partial charge in [-0.2, -0.15) is 0 Å². The number of aliphatic hydroxyl groups is 1. The molecular formula is C27H32F2N4O5. The quantitative estimate of drug-likeness (QED) is 0.549. The molecule has 3 aliphatic rings. The summed E-state index contributed by atoms with van der Waals surface area (Å²) in [6, 6.07) is 8.00. The maximum Gasteiger partial charge on any atom is 0.312 e. The van der Waals surface area contributed by atoms with Crippen LogP contribution in [-0.2, 0) is 9.59 Å². The molecule has 2 aromatic carbocycles. The number of rotatable bonds is 6. The molecule has 2 saturated heterocycles. The number of amides is 2. The highest BCUT2D eigenvalue weighted by Crippen LogP contribution is 2.36. The lowest BCUT2D eigenvalue weighted by atomic mass is 10.0. The van der Waals surface area contributed by atoms with Crippen molar-refractivity contribution in [1.82, 2.24) is 15.1 Å². The number of carbonyl (C=O) groups is 2. The molecule has 0 aromatic heterocycles. The molecule has 2 fully saturated rings. The third-order valence-corrected chi connectivity index (χ3v) is 7.26. The number of halogens is 2. The Labute approximate surface area is 219 Å². The number of anilines is 1. The lowest BCUT2D eigenvalue weighted by Crippen LogP contribution is -2.55. The first-order valence-electron chi connectivity index (χ1n) is 13.0. The van der Waals surface area contributed by atoms with E-state index in [9.17, 15) is 23.5 Å². The Balaban J connectivity index is 1.25. The van der Waals surface area contributed by atoms with Gasteiger partial charge in [0.2, 0.25) is 0 Å². The average Bonchev–Trinajstić information content (AvgIpc) is 3.45. The minimum absolute atomic E-state index is 0.00212. The minimum atomic E-state index is -1.27. The summed E-state index contributed by atoms with van der Waals surface area (Å²) >= 11 is 0. The van der Waals surface area contributed by atoms with Gasteiger partial charge in [-0.15, -0.1) is 0 Å². The molecule has 2 N–H and O–H groups in total. The summed E-state index contributed by atoms with van der Waals surface area (Å²) in [6.45, 7) is 4.10. The maximum absolute atomic E-state index is 14.7.